The Kier molecular flexibility index (Phi) is 5.41. The summed E-state index contributed by atoms with van der Waals surface area (Å²) >= 11 is 1.17. The summed E-state index contributed by atoms with van der Waals surface area (Å²) < 4.78 is 27.9. The Bertz CT molecular complexity index is 627. The molecule has 0 aliphatic carbocycles. The molecular formula is C14H18N2O3S2. The van der Waals surface area contributed by atoms with Gasteiger partial charge in [0.1, 0.15) is 0 Å². The molecule has 0 aromatic heterocycles. The van der Waals surface area contributed by atoms with Gasteiger partial charge < -0.3 is 0 Å². The van der Waals surface area contributed by atoms with Gasteiger partial charge in [0.2, 0.25) is 5.91 Å². The fraction of sp³-hybridized carbons (Fsp3) is 0.429. The minimum Gasteiger partial charge on any atom is -0.273 e. The topological polar surface area (TPSA) is 66.8 Å². The van der Waals surface area contributed by atoms with Crippen LogP contribution < -0.4 is 4.90 Å². The average Bonchev–Trinajstić information content (AvgIpc) is 2.80. The molecule has 0 unspecified atom stereocenters. The molecule has 114 valence electrons. The Morgan fingerprint density at radius 1 is 1.24 bits per heavy atom. The van der Waals surface area contributed by atoms with Crippen molar-refractivity contribution in [1.29, 1.82) is 0 Å². The van der Waals surface area contributed by atoms with Gasteiger partial charge >= 0.3 is 0 Å². The van der Waals surface area contributed by atoms with Gasteiger partial charge in [0.05, 0.1) is 17.2 Å². The van der Waals surface area contributed by atoms with Crippen molar-refractivity contribution in [2.45, 2.75) is 26.2 Å². The first kappa shape index (κ1) is 16.0. The number of carbonyl (C=O) groups excluding carboxylic acids is 1. The van der Waals surface area contributed by atoms with Crippen LogP contribution in [0.25, 0.3) is 0 Å². The number of thioether (sulfide) groups is 1. The fourth-order valence-electron chi connectivity index (χ4n) is 1.96. The van der Waals surface area contributed by atoms with E-state index >= 15 is 0 Å². The maximum atomic E-state index is 12.0. The third kappa shape index (κ3) is 4.31. The lowest BCUT2D eigenvalue weighted by molar-refractivity contribution is -0.115. The zero-order chi connectivity index (χ0) is 15.3. The number of hydrogen-bond donors (Lipinski definition) is 0. The van der Waals surface area contributed by atoms with Gasteiger partial charge in [-0.05, 0) is 18.6 Å². The third-order valence-corrected chi connectivity index (χ3v) is 5.30. The molecule has 1 heterocycles. The molecule has 0 atom stereocenters. The molecule has 0 radical (unpaired) electrons. The molecule has 2 rings (SSSR count). The molecule has 5 nitrogen and oxygen atoms in total. The number of amidine groups is 1. The molecule has 1 aliphatic rings. The van der Waals surface area contributed by atoms with Crippen LogP contribution >= 0.6 is 11.8 Å². The van der Waals surface area contributed by atoms with E-state index < -0.39 is 10.0 Å². The summed E-state index contributed by atoms with van der Waals surface area (Å²) in [5, 5.41) is 0.252. The number of carbonyl (C=O) groups is 1. The van der Waals surface area contributed by atoms with Gasteiger partial charge in [0, 0.05) is 0 Å². The van der Waals surface area contributed by atoms with E-state index in [1.165, 1.54) is 16.7 Å². The SMILES string of the molecule is CCCCCS(=O)(=O)/N=C1/SCC(=O)N1c1ccccc1. The van der Waals surface area contributed by atoms with Gasteiger partial charge in [-0.15, -0.1) is 4.40 Å². The molecule has 1 fully saturated rings. The second kappa shape index (κ2) is 7.09. The highest BCUT2D eigenvalue weighted by atomic mass is 32.2. The predicted octanol–water partition coefficient (Wildman–Crippen LogP) is 2.64. The first-order valence-corrected chi connectivity index (χ1v) is 9.46. The zero-order valence-electron chi connectivity index (χ0n) is 11.9. The highest BCUT2D eigenvalue weighted by Crippen LogP contribution is 2.27. The Morgan fingerprint density at radius 3 is 2.62 bits per heavy atom. The van der Waals surface area contributed by atoms with Crippen LogP contribution in [0.1, 0.15) is 26.2 Å². The predicted molar refractivity (Wildman–Crippen MR) is 87.1 cm³/mol. The van der Waals surface area contributed by atoms with Crippen molar-refractivity contribution >= 4 is 38.5 Å². The lowest BCUT2D eigenvalue weighted by atomic mass is 10.3. The summed E-state index contributed by atoms with van der Waals surface area (Å²) in [4.78, 5) is 13.3. The number of hydrogen-bond acceptors (Lipinski definition) is 4. The molecule has 1 amide bonds. The highest BCUT2D eigenvalue weighted by Gasteiger charge is 2.31. The smallest absolute Gasteiger partial charge is 0.255 e. The Balaban J connectivity index is 2.21. The van der Waals surface area contributed by atoms with Gasteiger partial charge in [-0.2, -0.15) is 0 Å². The summed E-state index contributed by atoms with van der Waals surface area (Å²) in [5.41, 5.74) is 0.648. The van der Waals surface area contributed by atoms with Crippen LogP contribution in [0.15, 0.2) is 34.7 Å². The summed E-state index contributed by atoms with van der Waals surface area (Å²) in [7, 11) is -3.53. The minimum atomic E-state index is -3.53. The molecule has 0 bridgehead atoms. The maximum absolute atomic E-state index is 12.0. The number of benzene rings is 1. The second-order valence-electron chi connectivity index (χ2n) is 4.72. The summed E-state index contributed by atoms with van der Waals surface area (Å²) in [6.45, 7) is 2.02. The average molecular weight is 326 g/mol. The normalized spacial score (nSPS) is 17.7. The second-order valence-corrected chi connectivity index (χ2v) is 7.42. The van der Waals surface area contributed by atoms with Crippen molar-refractivity contribution < 1.29 is 13.2 Å². The van der Waals surface area contributed by atoms with Crippen molar-refractivity contribution in [2.24, 2.45) is 4.40 Å². The van der Waals surface area contributed by atoms with Crippen LogP contribution in [-0.4, -0.2) is 31.0 Å². The van der Waals surface area contributed by atoms with Crippen molar-refractivity contribution in [3.05, 3.63) is 30.3 Å². The van der Waals surface area contributed by atoms with E-state index in [2.05, 4.69) is 4.40 Å². The summed E-state index contributed by atoms with van der Waals surface area (Å²) in [5.74, 6) is 0.105. The van der Waals surface area contributed by atoms with E-state index in [1.807, 2.05) is 13.0 Å². The number of rotatable bonds is 6. The van der Waals surface area contributed by atoms with Gasteiger partial charge in [0.25, 0.3) is 10.0 Å². The van der Waals surface area contributed by atoms with E-state index in [-0.39, 0.29) is 22.6 Å². The quantitative estimate of drug-likeness (QED) is 0.754. The van der Waals surface area contributed by atoms with Crippen LogP contribution in [0.2, 0.25) is 0 Å². The standard InChI is InChI=1S/C14H18N2O3S2/c1-2-3-7-10-21(18,19)15-14-16(13(17)11-20-14)12-8-5-4-6-9-12/h4-6,8-9H,2-3,7,10-11H2,1H3/b15-14+. The van der Waals surface area contributed by atoms with Crippen molar-refractivity contribution in [3.63, 3.8) is 0 Å². The largest absolute Gasteiger partial charge is 0.273 e. The molecule has 1 aromatic carbocycles. The van der Waals surface area contributed by atoms with E-state index in [0.29, 0.717) is 12.1 Å². The number of sulfonamides is 1. The number of para-hydroxylation sites is 1. The number of unbranched alkanes of at least 4 members (excludes halogenated alkanes) is 2. The number of amides is 1. The van der Waals surface area contributed by atoms with Crippen LogP contribution in [0, 0.1) is 0 Å². The van der Waals surface area contributed by atoms with Crippen LogP contribution in [0.3, 0.4) is 0 Å². The van der Waals surface area contributed by atoms with Crippen molar-refractivity contribution in [3.8, 4) is 0 Å². The molecule has 1 saturated heterocycles. The van der Waals surface area contributed by atoms with Gasteiger partial charge in [0.15, 0.2) is 5.17 Å². The molecule has 21 heavy (non-hydrogen) atoms. The first-order chi connectivity index (χ1) is 10.0. The first-order valence-electron chi connectivity index (χ1n) is 6.87. The van der Waals surface area contributed by atoms with E-state index in [1.54, 1.807) is 24.3 Å². The zero-order valence-corrected chi connectivity index (χ0v) is 13.5. The van der Waals surface area contributed by atoms with E-state index in [9.17, 15) is 13.2 Å². The number of nitrogens with zero attached hydrogens (tertiary/aromatic N) is 2. The maximum Gasteiger partial charge on any atom is 0.255 e. The van der Waals surface area contributed by atoms with Crippen molar-refractivity contribution in [2.75, 3.05) is 16.4 Å². The van der Waals surface area contributed by atoms with Crippen LogP contribution in [-0.2, 0) is 14.8 Å². The lowest BCUT2D eigenvalue weighted by Crippen LogP contribution is -2.29. The summed E-state index contributed by atoms with van der Waals surface area (Å²) in [6.07, 6.45) is 2.41. The number of anilines is 1. The monoisotopic (exact) mass is 326 g/mol. The van der Waals surface area contributed by atoms with E-state index in [4.69, 9.17) is 0 Å². The Morgan fingerprint density at radius 2 is 1.95 bits per heavy atom. The molecule has 1 aliphatic heterocycles. The van der Waals surface area contributed by atoms with Gasteiger partial charge in [-0.25, -0.2) is 8.42 Å². The van der Waals surface area contributed by atoms with Gasteiger partial charge in [-0.1, -0.05) is 49.7 Å². The Hall–Kier alpha value is -1.34. The lowest BCUT2D eigenvalue weighted by Gasteiger charge is -2.15. The molecule has 0 saturated carbocycles. The van der Waals surface area contributed by atoms with Crippen LogP contribution in [0.5, 0.6) is 0 Å². The summed E-state index contributed by atoms with van der Waals surface area (Å²) in [6, 6.07) is 8.99. The molecule has 7 heteroatoms. The molecule has 0 N–H and O–H groups in total. The molecule has 1 aromatic rings. The van der Waals surface area contributed by atoms with Crippen LogP contribution in [0.4, 0.5) is 5.69 Å². The van der Waals surface area contributed by atoms with E-state index in [0.717, 1.165) is 12.8 Å². The molecular weight excluding hydrogens is 308 g/mol. The van der Waals surface area contributed by atoms with Gasteiger partial charge in [-0.3, -0.25) is 9.69 Å². The minimum absolute atomic E-state index is 0.0295. The Labute approximate surface area is 129 Å². The fourth-order valence-corrected chi connectivity index (χ4v) is 4.21. The molecule has 0 spiro atoms. The highest BCUT2D eigenvalue weighted by molar-refractivity contribution is 8.16. The van der Waals surface area contributed by atoms with Crippen molar-refractivity contribution in [1.82, 2.24) is 0 Å². The third-order valence-electron chi connectivity index (χ3n) is 3.00.